The Morgan fingerprint density at radius 3 is 2.32 bits per heavy atom. The van der Waals surface area contributed by atoms with Crippen molar-refractivity contribution in [2.75, 3.05) is 26.2 Å². The minimum absolute atomic E-state index is 0.0561. The lowest BCUT2D eigenvalue weighted by Crippen LogP contribution is -2.53. The molecule has 1 aromatic heterocycles. The third-order valence-electron chi connectivity index (χ3n) is 5.14. The van der Waals surface area contributed by atoms with Crippen LogP contribution in [0, 0.1) is 6.92 Å². The van der Waals surface area contributed by atoms with Crippen LogP contribution in [0.15, 0.2) is 41.0 Å². The molecule has 0 saturated carbocycles. The number of nitrogens with zero attached hydrogens (tertiary/aromatic N) is 2. The highest BCUT2D eigenvalue weighted by atomic mass is 16.5. The lowest BCUT2D eigenvalue weighted by Gasteiger charge is -2.35. The van der Waals surface area contributed by atoms with Gasteiger partial charge in [0, 0.05) is 26.2 Å². The van der Waals surface area contributed by atoms with Gasteiger partial charge in [0.05, 0.1) is 6.26 Å². The van der Waals surface area contributed by atoms with Crippen LogP contribution in [0.5, 0.6) is 5.75 Å². The van der Waals surface area contributed by atoms with Crippen molar-refractivity contribution in [1.82, 2.24) is 9.80 Å². The van der Waals surface area contributed by atoms with E-state index in [4.69, 9.17) is 9.15 Å². The third-order valence-corrected chi connectivity index (χ3v) is 5.14. The van der Waals surface area contributed by atoms with Crippen molar-refractivity contribution in [3.05, 3.63) is 53.5 Å². The number of rotatable bonds is 5. The smallest absolute Gasteiger partial charge is 0.289 e. The molecular weight excluding hydrogens is 356 g/mol. The first-order chi connectivity index (χ1) is 13.4. The monoisotopic (exact) mass is 384 g/mol. The summed E-state index contributed by atoms with van der Waals surface area (Å²) < 4.78 is 11.2. The first-order valence-corrected chi connectivity index (χ1v) is 9.75. The summed E-state index contributed by atoms with van der Waals surface area (Å²) >= 11 is 0. The summed E-state index contributed by atoms with van der Waals surface area (Å²) in [7, 11) is 0. The number of furan rings is 1. The predicted octanol–water partition coefficient (Wildman–Crippen LogP) is 3.46. The van der Waals surface area contributed by atoms with Crippen LogP contribution in [-0.4, -0.2) is 53.9 Å². The van der Waals surface area contributed by atoms with Gasteiger partial charge in [0.15, 0.2) is 11.9 Å². The molecule has 0 radical (unpaired) electrons. The third kappa shape index (κ3) is 4.38. The number of aryl methyl sites for hydroxylation is 1. The fourth-order valence-electron chi connectivity index (χ4n) is 3.29. The van der Waals surface area contributed by atoms with Crippen LogP contribution in [0.4, 0.5) is 0 Å². The summed E-state index contributed by atoms with van der Waals surface area (Å²) in [6.45, 7) is 9.98. The molecule has 150 valence electrons. The lowest BCUT2D eigenvalue weighted by molar-refractivity contribution is -0.139. The molecule has 2 amide bonds. The summed E-state index contributed by atoms with van der Waals surface area (Å²) in [6, 6.07) is 9.49. The Balaban J connectivity index is 1.58. The van der Waals surface area contributed by atoms with Gasteiger partial charge in [-0.25, -0.2) is 0 Å². The molecule has 1 aromatic carbocycles. The van der Waals surface area contributed by atoms with Crippen LogP contribution in [0.3, 0.4) is 0 Å². The van der Waals surface area contributed by atoms with E-state index < -0.39 is 6.10 Å². The molecule has 1 aliphatic heterocycles. The SMILES string of the molecule is Cc1ccc(C(C)C)cc1OC(C)C(=O)N1CCN(C(=O)c2ccco2)CC1. The van der Waals surface area contributed by atoms with Gasteiger partial charge >= 0.3 is 0 Å². The zero-order chi connectivity index (χ0) is 20.3. The molecular formula is C22H28N2O4. The number of hydrogen-bond donors (Lipinski definition) is 0. The maximum Gasteiger partial charge on any atom is 0.289 e. The second-order valence-electron chi connectivity index (χ2n) is 7.53. The predicted molar refractivity (Wildman–Crippen MR) is 107 cm³/mol. The second-order valence-corrected chi connectivity index (χ2v) is 7.53. The van der Waals surface area contributed by atoms with E-state index in [0.717, 1.165) is 11.3 Å². The minimum atomic E-state index is -0.576. The number of ether oxygens (including phenoxy) is 1. The molecule has 6 nitrogen and oxygen atoms in total. The highest BCUT2D eigenvalue weighted by Crippen LogP contribution is 2.25. The summed E-state index contributed by atoms with van der Waals surface area (Å²) in [4.78, 5) is 28.6. The van der Waals surface area contributed by atoms with Crippen LogP contribution in [0.2, 0.25) is 0 Å². The molecule has 0 bridgehead atoms. The Morgan fingerprint density at radius 1 is 1.04 bits per heavy atom. The molecule has 6 heteroatoms. The minimum Gasteiger partial charge on any atom is -0.481 e. The van der Waals surface area contributed by atoms with E-state index in [9.17, 15) is 9.59 Å². The quantitative estimate of drug-likeness (QED) is 0.792. The zero-order valence-corrected chi connectivity index (χ0v) is 17.0. The molecule has 3 rings (SSSR count). The Kier molecular flexibility index (Phi) is 6.07. The summed E-state index contributed by atoms with van der Waals surface area (Å²) in [6.07, 6.45) is 0.913. The number of hydrogen-bond acceptors (Lipinski definition) is 4. The summed E-state index contributed by atoms with van der Waals surface area (Å²) in [5, 5.41) is 0. The Bertz CT molecular complexity index is 821. The van der Waals surface area contributed by atoms with Crippen molar-refractivity contribution in [3.8, 4) is 5.75 Å². The number of amides is 2. The van der Waals surface area contributed by atoms with Crippen molar-refractivity contribution in [1.29, 1.82) is 0 Å². The van der Waals surface area contributed by atoms with Gasteiger partial charge in [-0.05, 0) is 49.1 Å². The van der Waals surface area contributed by atoms with E-state index in [-0.39, 0.29) is 11.8 Å². The Morgan fingerprint density at radius 2 is 1.71 bits per heavy atom. The number of carbonyl (C=O) groups is 2. The van der Waals surface area contributed by atoms with E-state index >= 15 is 0 Å². The molecule has 1 unspecified atom stereocenters. The normalized spacial score (nSPS) is 15.6. The average molecular weight is 384 g/mol. The average Bonchev–Trinajstić information content (AvgIpc) is 3.23. The van der Waals surface area contributed by atoms with Crippen molar-refractivity contribution in [2.24, 2.45) is 0 Å². The summed E-state index contributed by atoms with van der Waals surface area (Å²) in [5.41, 5.74) is 2.20. The molecule has 1 atom stereocenters. The largest absolute Gasteiger partial charge is 0.481 e. The first kappa shape index (κ1) is 20.0. The molecule has 1 fully saturated rings. The van der Waals surface area contributed by atoms with E-state index in [0.29, 0.717) is 37.9 Å². The van der Waals surface area contributed by atoms with Crippen LogP contribution >= 0.6 is 0 Å². The molecule has 0 spiro atoms. The molecule has 0 N–H and O–H groups in total. The fraction of sp³-hybridized carbons (Fsp3) is 0.455. The van der Waals surface area contributed by atoms with E-state index in [1.807, 2.05) is 19.1 Å². The zero-order valence-electron chi connectivity index (χ0n) is 17.0. The number of benzene rings is 1. The standard InChI is InChI=1S/C22H28N2O4/c1-15(2)18-8-7-16(3)20(14-18)28-17(4)21(25)23-9-11-24(12-10-23)22(26)19-6-5-13-27-19/h5-8,13-15,17H,9-12H2,1-4H3. The van der Waals surface area contributed by atoms with Crippen molar-refractivity contribution in [2.45, 2.75) is 39.7 Å². The molecule has 1 aliphatic rings. The molecule has 28 heavy (non-hydrogen) atoms. The van der Waals surface area contributed by atoms with Crippen molar-refractivity contribution in [3.63, 3.8) is 0 Å². The highest BCUT2D eigenvalue weighted by molar-refractivity contribution is 5.91. The van der Waals surface area contributed by atoms with Gasteiger partial charge in [-0.15, -0.1) is 0 Å². The lowest BCUT2D eigenvalue weighted by atomic mass is 10.0. The molecule has 2 aromatic rings. The maximum absolute atomic E-state index is 12.8. The Hall–Kier alpha value is -2.76. The van der Waals surface area contributed by atoms with Gasteiger partial charge in [-0.1, -0.05) is 26.0 Å². The maximum atomic E-state index is 12.8. The molecule has 0 aliphatic carbocycles. The van der Waals surface area contributed by atoms with Gasteiger partial charge in [0.1, 0.15) is 5.75 Å². The number of carbonyl (C=O) groups excluding carboxylic acids is 2. The topological polar surface area (TPSA) is 63.0 Å². The van der Waals surface area contributed by atoms with Crippen molar-refractivity contribution >= 4 is 11.8 Å². The van der Waals surface area contributed by atoms with Crippen LogP contribution < -0.4 is 4.74 Å². The van der Waals surface area contributed by atoms with Crippen LogP contribution in [-0.2, 0) is 4.79 Å². The van der Waals surface area contributed by atoms with E-state index in [2.05, 4.69) is 19.9 Å². The molecule has 2 heterocycles. The van der Waals surface area contributed by atoms with Gasteiger partial charge < -0.3 is 19.0 Å². The number of piperazine rings is 1. The van der Waals surface area contributed by atoms with E-state index in [1.165, 1.54) is 11.8 Å². The first-order valence-electron chi connectivity index (χ1n) is 9.75. The fourth-order valence-corrected chi connectivity index (χ4v) is 3.29. The van der Waals surface area contributed by atoms with Gasteiger partial charge in [0.2, 0.25) is 0 Å². The van der Waals surface area contributed by atoms with Gasteiger partial charge in [0.25, 0.3) is 11.8 Å². The van der Waals surface area contributed by atoms with E-state index in [1.54, 1.807) is 28.9 Å². The Labute approximate surface area is 166 Å². The molecule has 1 saturated heterocycles. The summed E-state index contributed by atoms with van der Waals surface area (Å²) in [5.74, 6) is 1.28. The van der Waals surface area contributed by atoms with Crippen molar-refractivity contribution < 1.29 is 18.7 Å². The van der Waals surface area contributed by atoms with Crippen LogP contribution in [0.1, 0.15) is 48.4 Å². The second kappa shape index (κ2) is 8.50. The van der Waals surface area contributed by atoms with Gasteiger partial charge in [-0.3, -0.25) is 9.59 Å². The van der Waals surface area contributed by atoms with Gasteiger partial charge in [-0.2, -0.15) is 0 Å². The highest BCUT2D eigenvalue weighted by Gasteiger charge is 2.29. The van der Waals surface area contributed by atoms with Crippen LogP contribution in [0.25, 0.3) is 0 Å².